The molecule has 2 aliphatic rings. The number of rotatable bonds is 3. The van der Waals surface area contributed by atoms with Gasteiger partial charge in [0.2, 0.25) is 19.1 Å². The molecule has 1 aromatic heterocycles. The second kappa shape index (κ2) is 8.26. The van der Waals surface area contributed by atoms with Crippen LogP contribution in [0.25, 0.3) is 10.9 Å². The number of nitrogens with one attached hydrogen (secondary N) is 1. The van der Waals surface area contributed by atoms with E-state index in [1.54, 1.807) is 11.9 Å². The van der Waals surface area contributed by atoms with Crippen LogP contribution in [0.3, 0.4) is 0 Å². The molecule has 5 rings (SSSR count). The molecule has 0 spiro atoms. The summed E-state index contributed by atoms with van der Waals surface area (Å²) in [5.41, 5.74) is 3.55. The Bertz CT molecular complexity index is 1010. The number of hydrogen-bond acceptors (Lipinski definition) is 4. The minimum atomic E-state index is -0.0103. The van der Waals surface area contributed by atoms with Gasteiger partial charge in [0.1, 0.15) is 0 Å². The van der Waals surface area contributed by atoms with E-state index in [-0.39, 0.29) is 12.5 Å². The van der Waals surface area contributed by atoms with Gasteiger partial charge in [-0.3, -0.25) is 9.59 Å². The molecule has 29 heavy (non-hydrogen) atoms. The molecule has 3 heterocycles. The fraction of sp³-hybridized carbons (Fsp3) is 0.273. The number of carbonyl (C=O) groups excluding carboxylic acids is 2. The highest BCUT2D eigenvalue weighted by molar-refractivity contribution is 5.86. The van der Waals surface area contributed by atoms with Crippen molar-refractivity contribution in [2.75, 3.05) is 26.9 Å². The summed E-state index contributed by atoms with van der Waals surface area (Å²) >= 11 is 0. The Morgan fingerprint density at radius 3 is 2.55 bits per heavy atom. The summed E-state index contributed by atoms with van der Waals surface area (Å²) in [6.07, 6.45) is 1.53. The first-order valence-electron chi connectivity index (χ1n) is 9.52. The van der Waals surface area contributed by atoms with E-state index in [1.807, 2.05) is 36.4 Å². The van der Waals surface area contributed by atoms with Crippen LogP contribution >= 0.6 is 0 Å². The lowest BCUT2D eigenvalue weighted by atomic mass is 10.0. The molecule has 2 aromatic carbocycles. The van der Waals surface area contributed by atoms with Gasteiger partial charge in [-0.15, -0.1) is 0 Å². The molecule has 0 saturated carbocycles. The third kappa shape index (κ3) is 4.03. The molecule has 7 nitrogen and oxygen atoms in total. The van der Waals surface area contributed by atoms with Gasteiger partial charge in [0.15, 0.2) is 11.5 Å². The Morgan fingerprint density at radius 1 is 1.14 bits per heavy atom. The first-order valence-corrected chi connectivity index (χ1v) is 9.52. The van der Waals surface area contributed by atoms with Gasteiger partial charge >= 0.3 is 0 Å². The number of aromatic amines is 1. The van der Waals surface area contributed by atoms with Crippen LogP contribution in [0.2, 0.25) is 0 Å². The minimum Gasteiger partial charge on any atom is -0.454 e. The standard InChI is InChI=1S/C15H17N3O2.C7H6O2/c1-17(10-19)9-15(20)18-7-6-12-11-4-2-3-5-13(11)16-14(12)8-18;1-2-4-7-6(3-1)8-5-9-7/h2-5,10,16H,6-9H2,1H3;1-4H,5H2. The van der Waals surface area contributed by atoms with E-state index < -0.39 is 0 Å². The Labute approximate surface area is 168 Å². The lowest BCUT2D eigenvalue weighted by Crippen LogP contribution is -2.41. The van der Waals surface area contributed by atoms with Crippen LogP contribution in [0.4, 0.5) is 0 Å². The molecule has 3 aromatic rings. The molecule has 2 aliphatic heterocycles. The maximum atomic E-state index is 12.1. The maximum Gasteiger partial charge on any atom is 0.242 e. The van der Waals surface area contributed by atoms with Crippen molar-refractivity contribution in [2.45, 2.75) is 13.0 Å². The zero-order valence-electron chi connectivity index (χ0n) is 16.3. The van der Waals surface area contributed by atoms with Crippen LogP contribution in [0.1, 0.15) is 11.3 Å². The van der Waals surface area contributed by atoms with Gasteiger partial charge < -0.3 is 24.3 Å². The molecule has 0 fully saturated rings. The van der Waals surface area contributed by atoms with Crippen molar-refractivity contribution in [1.82, 2.24) is 14.8 Å². The van der Waals surface area contributed by atoms with Crippen molar-refractivity contribution in [3.63, 3.8) is 0 Å². The molecule has 2 amide bonds. The number of likely N-dealkylation sites (N-methyl/N-ethyl adjacent to an activating group) is 1. The van der Waals surface area contributed by atoms with Gasteiger partial charge in [-0.2, -0.15) is 0 Å². The monoisotopic (exact) mass is 393 g/mol. The van der Waals surface area contributed by atoms with E-state index >= 15 is 0 Å². The van der Waals surface area contributed by atoms with Crippen LogP contribution in [-0.4, -0.2) is 54.0 Å². The normalized spacial score (nSPS) is 14.0. The van der Waals surface area contributed by atoms with Crippen molar-refractivity contribution in [3.05, 3.63) is 59.8 Å². The van der Waals surface area contributed by atoms with Gasteiger partial charge in [-0.25, -0.2) is 0 Å². The summed E-state index contributed by atoms with van der Waals surface area (Å²) in [6.45, 7) is 1.80. The van der Waals surface area contributed by atoms with Gasteiger partial charge in [-0.05, 0) is 30.2 Å². The number of nitrogens with zero attached hydrogens (tertiary/aromatic N) is 2. The Kier molecular flexibility index (Phi) is 5.37. The topological polar surface area (TPSA) is 74.9 Å². The summed E-state index contributed by atoms with van der Waals surface area (Å²) in [6, 6.07) is 15.8. The van der Waals surface area contributed by atoms with Crippen LogP contribution in [0, 0.1) is 0 Å². The van der Waals surface area contributed by atoms with Crippen LogP contribution in [0.15, 0.2) is 48.5 Å². The van der Waals surface area contributed by atoms with Crippen molar-refractivity contribution >= 4 is 23.2 Å². The molecule has 150 valence electrons. The summed E-state index contributed by atoms with van der Waals surface area (Å²) in [5.74, 6) is 1.68. The molecule has 0 aliphatic carbocycles. The Morgan fingerprint density at radius 2 is 1.83 bits per heavy atom. The number of amides is 2. The largest absolute Gasteiger partial charge is 0.454 e. The number of para-hydroxylation sites is 3. The van der Waals surface area contributed by atoms with Gasteiger partial charge in [0.25, 0.3) is 0 Å². The van der Waals surface area contributed by atoms with Crippen LogP contribution in [-0.2, 0) is 22.6 Å². The highest BCUT2D eigenvalue weighted by Crippen LogP contribution is 2.30. The van der Waals surface area contributed by atoms with E-state index in [0.29, 0.717) is 26.3 Å². The molecule has 0 radical (unpaired) electrons. The second-order valence-corrected chi connectivity index (χ2v) is 7.07. The van der Waals surface area contributed by atoms with E-state index in [2.05, 4.69) is 17.1 Å². The van der Waals surface area contributed by atoms with Crippen molar-refractivity contribution in [3.8, 4) is 11.5 Å². The first-order chi connectivity index (χ1) is 14.2. The Hall–Kier alpha value is -3.48. The van der Waals surface area contributed by atoms with E-state index in [1.165, 1.54) is 15.8 Å². The summed E-state index contributed by atoms with van der Waals surface area (Å²) in [4.78, 5) is 29.3. The fourth-order valence-electron chi connectivity index (χ4n) is 3.60. The SMILES string of the molecule is CN(C=O)CC(=O)N1CCc2c([nH]c3ccccc23)C1.c1ccc2c(c1)OCO2. The molecular weight excluding hydrogens is 370 g/mol. The average molecular weight is 393 g/mol. The fourth-order valence-corrected chi connectivity index (χ4v) is 3.60. The predicted octanol–water partition coefficient (Wildman–Crippen LogP) is 2.56. The number of carbonyl (C=O) groups is 2. The van der Waals surface area contributed by atoms with E-state index in [4.69, 9.17) is 9.47 Å². The number of hydrogen-bond donors (Lipinski definition) is 1. The molecule has 0 unspecified atom stereocenters. The molecule has 0 atom stereocenters. The summed E-state index contributed by atoms with van der Waals surface area (Å²) < 4.78 is 10.2. The number of aromatic nitrogens is 1. The summed E-state index contributed by atoms with van der Waals surface area (Å²) in [7, 11) is 1.61. The second-order valence-electron chi connectivity index (χ2n) is 7.07. The Balaban J connectivity index is 0.000000188. The molecule has 1 N–H and O–H groups in total. The number of benzene rings is 2. The van der Waals surface area contributed by atoms with Gasteiger partial charge in [0, 0.05) is 30.2 Å². The number of ether oxygens (including phenoxy) is 2. The first kappa shape index (κ1) is 18.9. The zero-order valence-corrected chi connectivity index (χ0v) is 16.3. The van der Waals surface area contributed by atoms with Gasteiger partial charge in [0.05, 0.1) is 13.1 Å². The predicted molar refractivity (Wildman–Crippen MR) is 109 cm³/mol. The lowest BCUT2D eigenvalue weighted by Gasteiger charge is -2.28. The van der Waals surface area contributed by atoms with Crippen LogP contribution in [0.5, 0.6) is 11.5 Å². The lowest BCUT2D eigenvalue weighted by molar-refractivity contribution is -0.135. The highest BCUT2D eigenvalue weighted by atomic mass is 16.7. The zero-order chi connectivity index (χ0) is 20.2. The maximum absolute atomic E-state index is 12.1. The van der Waals surface area contributed by atoms with Gasteiger partial charge in [-0.1, -0.05) is 30.3 Å². The van der Waals surface area contributed by atoms with E-state index in [0.717, 1.165) is 29.1 Å². The van der Waals surface area contributed by atoms with Crippen molar-refractivity contribution < 1.29 is 19.1 Å². The number of fused-ring (bicyclic) bond motifs is 4. The van der Waals surface area contributed by atoms with Crippen molar-refractivity contribution in [1.29, 1.82) is 0 Å². The third-order valence-corrected chi connectivity index (χ3v) is 5.08. The molecule has 7 heteroatoms. The molecule has 0 bridgehead atoms. The smallest absolute Gasteiger partial charge is 0.242 e. The quantitative estimate of drug-likeness (QED) is 0.694. The highest BCUT2D eigenvalue weighted by Gasteiger charge is 2.24. The van der Waals surface area contributed by atoms with E-state index in [9.17, 15) is 9.59 Å². The molecule has 0 saturated heterocycles. The summed E-state index contributed by atoms with van der Waals surface area (Å²) in [5, 5.41) is 1.25. The third-order valence-electron chi connectivity index (χ3n) is 5.08. The number of H-pyrrole nitrogens is 1. The minimum absolute atomic E-state index is 0.0103. The average Bonchev–Trinajstić information content (AvgIpc) is 3.37. The molecular formula is C22H23N3O4. The van der Waals surface area contributed by atoms with Crippen LogP contribution < -0.4 is 9.47 Å². The van der Waals surface area contributed by atoms with Crippen molar-refractivity contribution in [2.24, 2.45) is 0 Å².